The molecule has 0 spiro atoms. The van der Waals surface area contributed by atoms with Crippen LogP contribution in [-0.4, -0.2) is 29.8 Å². The second kappa shape index (κ2) is 4.75. The first-order chi connectivity index (χ1) is 6.21. The fraction of sp³-hybridized carbons (Fsp3) is 0.900. The minimum atomic E-state index is -0.870. The van der Waals surface area contributed by atoms with Crippen LogP contribution >= 0.6 is 0 Å². The van der Waals surface area contributed by atoms with E-state index in [1.807, 2.05) is 20.8 Å². The number of hydrogen-bond donors (Lipinski definition) is 2. The molecule has 1 unspecified atom stereocenters. The van der Waals surface area contributed by atoms with Crippen molar-refractivity contribution >= 4 is 5.97 Å². The number of ether oxygens (including phenoxy) is 1. The minimum absolute atomic E-state index is 0.135. The summed E-state index contributed by atoms with van der Waals surface area (Å²) in [4.78, 5) is 10.9. The summed E-state index contributed by atoms with van der Waals surface area (Å²) in [6.45, 7) is 8.01. The average Bonchev–Trinajstić information content (AvgIpc) is 2.01. The molecule has 3 N–H and O–H groups in total. The predicted molar refractivity (Wildman–Crippen MR) is 55.1 cm³/mol. The molecule has 0 saturated heterocycles. The van der Waals surface area contributed by atoms with Crippen LogP contribution in [0.25, 0.3) is 0 Å². The van der Waals surface area contributed by atoms with E-state index in [0.29, 0.717) is 13.0 Å². The molecular weight excluding hydrogens is 182 g/mol. The van der Waals surface area contributed by atoms with Crippen molar-refractivity contribution in [2.45, 2.75) is 39.7 Å². The molecule has 0 aromatic carbocycles. The van der Waals surface area contributed by atoms with E-state index >= 15 is 0 Å². The zero-order valence-electron chi connectivity index (χ0n) is 9.46. The summed E-state index contributed by atoms with van der Waals surface area (Å²) in [7, 11) is 0. The lowest BCUT2D eigenvalue weighted by Gasteiger charge is -2.25. The molecule has 0 saturated carbocycles. The van der Waals surface area contributed by atoms with E-state index < -0.39 is 11.4 Å². The first-order valence-electron chi connectivity index (χ1n) is 4.79. The second-order valence-corrected chi connectivity index (χ2v) is 4.78. The van der Waals surface area contributed by atoms with Gasteiger partial charge in [-0.25, -0.2) is 0 Å². The van der Waals surface area contributed by atoms with Gasteiger partial charge in [0.1, 0.15) is 0 Å². The van der Waals surface area contributed by atoms with Crippen LogP contribution in [0, 0.1) is 5.41 Å². The van der Waals surface area contributed by atoms with Gasteiger partial charge in [-0.15, -0.1) is 0 Å². The van der Waals surface area contributed by atoms with E-state index in [9.17, 15) is 4.79 Å². The molecule has 0 aliphatic carbocycles. The summed E-state index contributed by atoms with van der Waals surface area (Å²) in [5.74, 6) is -0.863. The molecule has 14 heavy (non-hydrogen) atoms. The normalized spacial score (nSPS) is 16.4. The third-order valence-electron chi connectivity index (χ3n) is 2.16. The van der Waals surface area contributed by atoms with Gasteiger partial charge in [-0.1, -0.05) is 0 Å². The Bertz CT molecular complexity index is 198. The highest BCUT2D eigenvalue weighted by molar-refractivity contribution is 5.74. The maximum absolute atomic E-state index is 10.9. The number of nitrogens with two attached hydrogens (primary N) is 1. The number of aliphatic carboxylic acids is 1. The van der Waals surface area contributed by atoms with E-state index in [0.717, 1.165) is 0 Å². The van der Waals surface area contributed by atoms with Crippen LogP contribution in [0.5, 0.6) is 0 Å². The van der Waals surface area contributed by atoms with E-state index in [1.165, 1.54) is 0 Å². The van der Waals surface area contributed by atoms with Gasteiger partial charge in [-0.3, -0.25) is 4.79 Å². The molecule has 1 atom stereocenters. The Kier molecular flexibility index (Phi) is 4.55. The van der Waals surface area contributed by atoms with Gasteiger partial charge in [-0.05, 0) is 34.1 Å². The Morgan fingerprint density at radius 2 is 1.86 bits per heavy atom. The molecule has 0 rings (SSSR count). The molecule has 0 amide bonds. The molecule has 4 nitrogen and oxygen atoms in total. The highest BCUT2D eigenvalue weighted by atomic mass is 16.5. The van der Waals surface area contributed by atoms with Crippen molar-refractivity contribution < 1.29 is 14.6 Å². The Morgan fingerprint density at radius 3 is 2.14 bits per heavy atom. The van der Waals surface area contributed by atoms with Crippen molar-refractivity contribution in [1.82, 2.24) is 0 Å². The zero-order valence-corrected chi connectivity index (χ0v) is 9.46. The molecule has 0 radical (unpaired) electrons. The van der Waals surface area contributed by atoms with Crippen molar-refractivity contribution in [3.8, 4) is 0 Å². The summed E-state index contributed by atoms with van der Waals surface area (Å²) in [5, 5.41) is 8.93. The van der Waals surface area contributed by atoms with Crippen molar-refractivity contribution in [3.05, 3.63) is 0 Å². The van der Waals surface area contributed by atoms with Crippen LogP contribution in [0.1, 0.15) is 34.1 Å². The maximum Gasteiger partial charge on any atom is 0.310 e. The Morgan fingerprint density at radius 1 is 1.36 bits per heavy atom. The Hall–Kier alpha value is -0.610. The highest BCUT2D eigenvalue weighted by Gasteiger charge is 2.31. The lowest BCUT2D eigenvalue weighted by Crippen LogP contribution is -2.37. The van der Waals surface area contributed by atoms with Crippen LogP contribution in [0.4, 0.5) is 0 Å². The third-order valence-corrected chi connectivity index (χ3v) is 2.16. The third kappa shape index (κ3) is 4.58. The molecule has 0 bridgehead atoms. The molecule has 84 valence electrons. The number of carbonyl (C=O) groups is 1. The Balaban J connectivity index is 4.04. The summed E-state index contributed by atoms with van der Waals surface area (Å²) < 4.78 is 5.46. The summed E-state index contributed by atoms with van der Waals surface area (Å²) in [6, 6.07) is 0. The SMILES string of the molecule is CC(C)(C)OCCC(C)(CN)C(=O)O. The molecule has 0 aromatic rings. The monoisotopic (exact) mass is 203 g/mol. The highest BCUT2D eigenvalue weighted by Crippen LogP contribution is 2.21. The largest absolute Gasteiger partial charge is 0.481 e. The number of carboxylic acid groups (broad SMARTS) is 1. The van der Waals surface area contributed by atoms with Gasteiger partial charge in [0.25, 0.3) is 0 Å². The van der Waals surface area contributed by atoms with E-state index in [2.05, 4.69) is 0 Å². The standard InChI is InChI=1S/C10H21NO3/c1-9(2,3)14-6-5-10(4,7-11)8(12)13/h5-7,11H2,1-4H3,(H,12,13). The van der Waals surface area contributed by atoms with Crippen molar-refractivity contribution in [2.75, 3.05) is 13.2 Å². The van der Waals surface area contributed by atoms with Crippen LogP contribution in [0.2, 0.25) is 0 Å². The van der Waals surface area contributed by atoms with Gasteiger partial charge in [-0.2, -0.15) is 0 Å². The smallest absolute Gasteiger partial charge is 0.310 e. The fourth-order valence-electron chi connectivity index (χ4n) is 0.879. The maximum atomic E-state index is 10.9. The van der Waals surface area contributed by atoms with E-state index in [-0.39, 0.29) is 12.1 Å². The molecule has 0 heterocycles. The fourth-order valence-corrected chi connectivity index (χ4v) is 0.879. The van der Waals surface area contributed by atoms with E-state index in [1.54, 1.807) is 6.92 Å². The van der Waals surface area contributed by atoms with Crippen LogP contribution in [0.3, 0.4) is 0 Å². The van der Waals surface area contributed by atoms with E-state index in [4.69, 9.17) is 15.6 Å². The van der Waals surface area contributed by atoms with Crippen molar-refractivity contribution in [2.24, 2.45) is 11.1 Å². The molecular formula is C10H21NO3. The summed E-state index contributed by atoms with van der Waals surface area (Å²) in [6.07, 6.45) is 0.441. The van der Waals surface area contributed by atoms with Gasteiger partial charge >= 0.3 is 5.97 Å². The van der Waals surface area contributed by atoms with Gasteiger partial charge in [0.2, 0.25) is 0 Å². The van der Waals surface area contributed by atoms with Gasteiger partial charge in [0, 0.05) is 13.2 Å². The number of carboxylic acids is 1. The lowest BCUT2D eigenvalue weighted by atomic mass is 9.87. The number of rotatable bonds is 5. The summed E-state index contributed by atoms with van der Waals surface area (Å²) >= 11 is 0. The molecule has 4 heteroatoms. The first kappa shape index (κ1) is 13.4. The molecule has 0 aliphatic heterocycles. The number of hydrogen-bond acceptors (Lipinski definition) is 3. The first-order valence-corrected chi connectivity index (χ1v) is 4.79. The Labute approximate surface area is 85.4 Å². The molecule has 0 aliphatic rings. The predicted octanol–water partition coefficient (Wildman–Crippen LogP) is 1.24. The topological polar surface area (TPSA) is 72.5 Å². The van der Waals surface area contributed by atoms with Crippen LogP contribution < -0.4 is 5.73 Å². The zero-order chi connectivity index (χ0) is 11.4. The minimum Gasteiger partial charge on any atom is -0.481 e. The average molecular weight is 203 g/mol. The lowest BCUT2D eigenvalue weighted by molar-refractivity contribution is -0.149. The van der Waals surface area contributed by atoms with Gasteiger partial charge in [0.15, 0.2) is 0 Å². The van der Waals surface area contributed by atoms with Crippen LogP contribution in [-0.2, 0) is 9.53 Å². The van der Waals surface area contributed by atoms with Crippen molar-refractivity contribution in [3.63, 3.8) is 0 Å². The summed E-state index contributed by atoms with van der Waals surface area (Å²) in [5.41, 5.74) is 4.32. The van der Waals surface area contributed by atoms with Crippen LogP contribution in [0.15, 0.2) is 0 Å². The molecule has 0 fully saturated rings. The van der Waals surface area contributed by atoms with Crippen molar-refractivity contribution in [1.29, 1.82) is 0 Å². The van der Waals surface area contributed by atoms with Gasteiger partial charge < -0.3 is 15.6 Å². The second-order valence-electron chi connectivity index (χ2n) is 4.78. The molecule has 0 aromatic heterocycles. The van der Waals surface area contributed by atoms with Gasteiger partial charge in [0.05, 0.1) is 11.0 Å². The quantitative estimate of drug-likeness (QED) is 0.705.